The first-order valence-electron chi connectivity index (χ1n) is 7.44. The van der Waals surface area contributed by atoms with Crippen molar-refractivity contribution < 1.29 is 30.9 Å². The lowest BCUT2D eigenvalue weighted by molar-refractivity contribution is -0.290. The van der Waals surface area contributed by atoms with Crippen LogP contribution in [-0.4, -0.2) is 44.1 Å². The second-order valence-corrected chi connectivity index (χ2v) is 6.91. The van der Waals surface area contributed by atoms with Gasteiger partial charge in [0.25, 0.3) is 0 Å². The number of ether oxygens (including phenoxy) is 1. The molecule has 0 fully saturated rings. The molecule has 2 aromatic heterocycles. The summed E-state index contributed by atoms with van der Waals surface area (Å²) in [6.07, 6.45) is -3.01. The highest BCUT2D eigenvalue weighted by Gasteiger charge is 2.58. The molecular weight excluding hydrogens is 393 g/mol. The lowest BCUT2D eigenvalue weighted by Gasteiger charge is -2.19. The number of H-pyrrole nitrogens is 1. The van der Waals surface area contributed by atoms with E-state index in [4.69, 9.17) is 0 Å². The lowest BCUT2D eigenvalue weighted by Crippen LogP contribution is -2.41. The second kappa shape index (κ2) is 6.87. The number of imidazole rings is 1. The van der Waals surface area contributed by atoms with E-state index in [-0.39, 0.29) is 17.3 Å². The standard InChI is InChI=1S/C16H12F5N3O2S/c1-27(25)12-4-2-3-10-13(12)24-14(23-10)11-7-9(5-6-22-11)26-8-15(17,18)16(19,20)21/h2-7H,8H2,1H3,(H,23,24). The highest BCUT2D eigenvalue weighted by molar-refractivity contribution is 7.84. The van der Waals surface area contributed by atoms with Crippen molar-refractivity contribution >= 4 is 21.8 Å². The molecule has 2 heterocycles. The van der Waals surface area contributed by atoms with Crippen LogP contribution in [0.3, 0.4) is 0 Å². The van der Waals surface area contributed by atoms with Gasteiger partial charge < -0.3 is 9.72 Å². The highest BCUT2D eigenvalue weighted by Crippen LogP contribution is 2.36. The molecule has 1 aromatic carbocycles. The molecule has 0 aliphatic rings. The number of nitrogens with one attached hydrogen (secondary N) is 1. The summed E-state index contributed by atoms with van der Waals surface area (Å²) < 4.78 is 79.0. The van der Waals surface area contributed by atoms with Crippen LogP contribution in [0.4, 0.5) is 22.0 Å². The first-order valence-corrected chi connectivity index (χ1v) is 9.00. The minimum Gasteiger partial charge on any atom is -0.487 e. The lowest BCUT2D eigenvalue weighted by atomic mass is 10.3. The molecule has 11 heteroatoms. The molecule has 0 saturated carbocycles. The average Bonchev–Trinajstić information content (AvgIpc) is 3.03. The zero-order valence-corrected chi connectivity index (χ0v) is 14.5. The van der Waals surface area contributed by atoms with Crippen LogP contribution in [0.2, 0.25) is 0 Å². The van der Waals surface area contributed by atoms with Crippen molar-refractivity contribution in [1.29, 1.82) is 0 Å². The van der Waals surface area contributed by atoms with Gasteiger partial charge in [-0.1, -0.05) is 6.07 Å². The van der Waals surface area contributed by atoms with E-state index in [1.807, 2.05) is 0 Å². The Kier molecular flexibility index (Phi) is 4.89. The third-order valence-electron chi connectivity index (χ3n) is 3.59. The molecule has 144 valence electrons. The molecule has 0 spiro atoms. The van der Waals surface area contributed by atoms with Crippen LogP contribution < -0.4 is 4.74 Å². The Morgan fingerprint density at radius 2 is 1.93 bits per heavy atom. The Bertz CT molecular complexity index is 1000. The van der Waals surface area contributed by atoms with E-state index in [2.05, 4.69) is 19.7 Å². The first kappa shape index (κ1) is 19.2. The Morgan fingerprint density at radius 1 is 1.19 bits per heavy atom. The number of alkyl halides is 5. The summed E-state index contributed by atoms with van der Waals surface area (Å²) in [5, 5.41) is 0. The van der Waals surface area contributed by atoms with E-state index in [1.54, 1.807) is 18.2 Å². The van der Waals surface area contributed by atoms with Crippen LogP contribution >= 0.6 is 0 Å². The number of para-hydroxylation sites is 1. The third-order valence-corrected chi connectivity index (χ3v) is 4.54. The number of hydrogen-bond donors (Lipinski definition) is 1. The van der Waals surface area contributed by atoms with Gasteiger partial charge in [0, 0.05) is 18.5 Å². The molecule has 27 heavy (non-hydrogen) atoms. The largest absolute Gasteiger partial charge is 0.487 e. The average molecular weight is 405 g/mol. The van der Waals surface area contributed by atoms with Crippen molar-refractivity contribution in [3.63, 3.8) is 0 Å². The third kappa shape index (κ3) is 3.92. The SMILES string of the molecule is CS(=O)c1cccc2[nH]c(-c3cc(OCC(F)(F)C(F)(F)F)ccn3)nc12. The molecule has 1 atom stereocenters. The number of pyridine rings is 1. The fourth-order valence-corrected chi connectivity index (χ4v) is 2.94. The number of benzene rings is 1. The highest BCUT2D eigenvalue weighted by atomic mass is 32.2. The molecular formula is C16H12F5N3O2S. The summed E-state index contributed by atoms with van der Waals surface area (Å²) in [5.41, 5.74) is 1.20. The summed E-state index contributed by atoms with van der Waals surface area (Å²) in [6, 6.07) is 7.38. The molecule has 0 aliphatic heterocycles. The van der Waals surface area contributed by atoms with Gasteiger partial charge in [-0.05, 0) is 18.2 Å². The molecule has 1 unspecified atom stereocenters. The van der Waals surface area contributed by atoms with Crippen LogP contribution in [0.15, 0.2) is 41.4 Å². The van der Waals surface area contributed by atoms with Gasteiger partial charge in [-0.25, -0.2) is 4.98 Å². The van der Waals surface area contributed by atoms with Crippen molar-refractivity contribution in [2.75, 3.05) is 12.9 Å². The summed E-state index contributed by atoms with van der Waals surface area (Å²) in [4.78, 5) is 11.7. The maximum absolute atomic E-state index is 13.0. The van der Waals surface area contributed by atoms with E-state index in [0.717, 1.165) is 6.07 Å². The van der Waals surface area contributed by atoms with Crippen molar-refractivity contribution in [2.24, 2.45) is 0 Å². The Balaban J connectivity index is 1.89. The molecule has 0 radical (unpaired) electrons. The molecule has 0 bridgehead atoms. The van der Waals surface area contributed by atoms with Crippen LogP contribution in [0.5, 0.6) is 5.75 Å². The minimum atomic E-state index is -5.70. The van der Waals surface area contributed by atoms with Gasteiger partial charge in [-0.2, -0.15) is 22.0 Å². The number of nitrogens with zero attached hydrogens (tertiary/aromatic N) is 2. The van der Waals surface area contributed by atoms with Gasteiger partial charge >= 0.3 is 12.1 Å². The topological polar surface area (TPSA) is 67.9 Å². The number of aromatic amines is 1. The molecule has 1 N–H and O–H groups in total. The van der Waals surface area contributed by atoms with Crippen molar-refractivity contribution in [3.05, 3.63) is 36.5 Å². The van der Waals surface area contributed by atoms with Crippen molar-refractivity contribution in [3.8, 4) is 17.3 Å². The quantitative estimate of drug-likeness (QED) is 0.653. The fourth-order valence-electron chi connectivity index (χ4n) is 2.25. The minimum absolute atomic E-state index is 0.173. The number of rotatable bonds is 5. The van der Waals surface area contributed by atoms with E-state index in [1.165, 1.54) is 18.5 Å². The summed E-state index contributed by atoms with van der Waals surface area (Å²) in [7, 11) is -1.29. The molecule has 3 aromatic rings. The molecule has 3 rings (SSSR count). The predicted octanol–water partition coefficient (Wildman–Crippen LogP) is 3.94. The molecule has 0 amide bonds. The molecule has 5 nitrogen and oxygen atoms in total. The van der Waals surface area contributed by atoms with E-state index in [0.29, 0.717) is 15.9 Å². The predicted molar refractivity (Wildman–Crippen MR) is 88.2 cm³/mol. The number of fused-ring (bicyclic) bond motifs is 1. The van der Waals surface area contributed by atoms with Crippen LogP contribution in [-0.2, 0) is 10.8 Å². The normalized spacial score (nSPS) is 13.7. The smallest absolute Gasteiger partial charge is 0.456 e. The maximum Gasteiger partial charge on any atom is 0.456 e. The monoisotopic (exact) mass is 405 g/mol. The van der Waals surface area contributed by atoms with E-state index in [9.17, 15) is 26.2 Å². The van der Waals surface area contributed by atoms with Crippen LogP contribution in [0.1, 0.15) is 0 Å². The van der Waals surface area contributed by atoms with Crippen LogP contribution in [0.25, 0.3) is 22.6 Å². The second-order valence-electron chi connectivity index (χ2n) is 5.56. The van der Waals surface area contributed by atoms with Gasteiger partial charge in [0.1, 0.15) is 17.0 Å². The number of aromatic nitrogens is 3. The van der Waals surface area contributed by atoms with Crippen LogP contribution in [0, 0.1) is 0 Å². The van der Waals surface area contributed by atoms with Crippen molar-refractivity contribution in [1.82, 2.24) is 15.0 Å². The summed E-state index contributed by atoms with van der Waals surface area (Å²) in [6.45, 7) is -1.85. The fraction of sp³-hybridized carbons (Fsp3) is 0.250. The summed E-state index contributed by atoms with van der Waals surface area (Å²) >= 11 is 0. The summed E-state index contributed by atoms with van der Waals surface area (Å²) in [5.74, 6) is -4.96. The van der Waals surface area contributed by atoms with E-state index >= 15 is 0 Å². The Hall–Kier alpha value is -2.56. The zero-order valence-electron chi connectivity index (χ0n) is 13.7. The number of hydrogen-bond acceptors (Lipinski definition) is 4. The maximum atomic E-state index is 13.0. The van der Waals surface area contributed by atoms with Gasteiger partial charge in [0.05, 0.1) is 21.2 Å². The molecule has 0 saturated heterocycles. The molecule has 0 aliphatic carbocycles. The Morgan fingerprint density at radius 3 is 2.59 bits per heavy atom. The van der Waals surface area contributed by atoms with Gasteiger partial charge in [0.2, 0.25) is 0 Å². The zero-order chi connectivity index (χ0) is 19.8. The van der Waals surface area contributed by atoms with Gasteiger partial charge in [0.15, 0.2) is 12.4 Å². The Labute approximate surface area is 152 Å². The van der Waals surface area contributed by atoms with Crippen molar-refractivity contribution in [2.45, 2.75) is 17.0 Å². The van der Waals surface area contributed by atoms with Gasteiger partial charge in [-0.3, -0.25) is 9.19 Å². The van der Waals surface area contributed by atoms with E-state index < -0.39 is 29.5 Å². The number of halogens is 5. The van der Waals surface area contributed by atoms with Gasteiger partial charge in [-0.15, -0.1) is 0 Å². The first-order chi connectivity index (χ1) is 12.6.